The number of benzene rings is 2. The number of hydrogen-bond donors (Lipinski definition) is 0. The lowest BCUT2D eigenvalue weighted by atomic mass is 10.3. The summed E-state index contributed by atoms with van der Waals surface area (Å²) in [6, 6.07) is 17.3. The summed E-state index contributed by atoms with van der Waals surface area (Å²) >= 11 is 0. The summed E-state index contributed by atoms with van der Waals surface area (Å²) in [6.45, 7) is 1.57. The topological polar surface area (TPSA) is 82.0 Å². The summed E-state index contributed by atoms with van der Waals surface area (Å²) in [5.74, 6) is 0.784. The van der Waals surface area contributed by atoms with Gasteiger partial charge in [-0.05, 0) is 55.0 Å². The molecule has 26 heavy (non-hydrogen) atoms. The van der Waals surface area contributed by atoms with Crippen molar-refractivity contribution in [1.29, 1.82) is 0 Å². The van der Waals surface area contributed by atoms with Crippen LogP contribution in [0.3, 0.4) is 0 Å². The lowest BCUT2D eigenvalue weighted by Gasteiger charge is -2.06. The van der Waals surface area contributed by atoms with Crippen molar-refractivity contribution in [2.45, 2.75) is 13.0 Å². The van der Waals surface area contributed by atoms with Crippen LogP contribution in [0.4, 0.5) is 17.1 Å². The summed E-state index contributed by atoms with van der Waals surface area (Å²) in [5.41, 5.74) is 1.27. The van der Waals surface area contributed by atoms with Crippen molar-refractivity contribution in [3.63, 3.8) is 0 Å². The molecule has 0 unspecified atom stereocenters. The minimum absolute atomic E-state index is 0.0298. The van der Waals surface area contributed by atoms with E-state index in [1.54, 1.807) is 12.1 Å². The highest BCUT2D eigenvalue weighted by molar-refractivity contribution is 5.45. The molecule has 0 saturated heterocycles. The van der Waals surface area contributed by atoms with Crippen molar-refractivity contribution in [3.8, 4) is 5.75 Å². The van der Waals surface area contributed by atoms with E-state index in [0.29, 0.717) is 18.0 Å². The average molecular weight is 350 g/mol. The van der Waals surface area contributed by atoms with Gasteiger partial charge >= 0.3 is 0 Å². The van der Waals surface area contributed by atoms with Crippen LogP contribution in [0, 0.1) is 10.1 Å². The average Bonchev–Trinajstić information content (AvgIpc) is 3.18. The highest BCUT2D eigenvalue weighted by atomic mass is 16.6. The van der Waals surface area contributed by atoms with Crippen molar-refractivity contribution < 1.29 is 9.66 Å². The van der Waals surface area contributed by atoms with Gasteiger partial charge in [0, 0.05) is 31.1 Å². The zero-order chi connectivity index (χ0) is 18.2. The largest absolute Gasteiger partial charge is 0.494 e. The Labute approximate surface area is 150 Å². The SMILES string of the molecule is O=[N+]([O-])c1ccc(N=Nc2ccc(OCCCn3cccc3)cc2)cc1. The van der Waals surface area contributed by atoms with E-state index in [1.165, 1.54) is 12.1 Å². The molecule has 0 N–H and O–H groups in total. The maximum Gasteiger partial charge on any atom is 0.269 e. The molecular formula is C19H18N4O3. The van der Waals surface area contributed by atoms with Crippen LogP contribution in [0.5, 0.6) is 5.75 Å². The molecule has 0 aliphatic heterocycles. The second kappa shape index (κ2) is 8.57. The number of nitro groups is 1. The fourth-order valence-electron chi connectivity index (χ4n) is 2.32. The van der Waals surface area contributed by atoms with Crippen molar-refractivity contribution in [1.82, 2.24) is 4.57 Å². The highest BCUT2D eigenvalue weighted by Crippen LogP contribution is 2.23. The Morgan fingerprint density at radius 3 is 2.08 bits per heavy atom. The molecule has 0 aliphatic rings. The number of hydrogen-bond acceptors (Lipinski definition) is 5. The fraction of sp³-hybridized carbons (Fsp3) is 0.158. The van der Waals surface area contributed by atoms with Gasteiger partial charge in [0.05, 0.1) is 22.9 Å². The Bertz CT molecular complexity index is 857. The zero-order valence-electron chi connectivity index (χ0n) is 14.1. The first-order chi connectivity index (χ1) is 12.7. The van der Waals surface area contributed by atoms with E-state index in [0.717, 1.165) is 18.7 Å². The summed E-state index contributed by atoms with van der Waals surface area (Å²) in [6.07, 6.45) is 4.99. The molecule has 1 heterocycles. The molecule has 1 aromatic heterocycles. The summed E-state index contributed by atoms with van der Waals surface area (Å²) in [7, 11) is 0. The van der Waals surface area contributed by atoms with Crippen LogP contribution in [-0.4, -0.2) is 16.1 Å². The Morgan fingerprint density at radius 1 is 0.923 bits per heavy atom. The molecule has 0 atom stereocenters. The predicted molar refractivity (Wildman–Crippen MR) is 98.3 cm³/mol. The number of nitrogens with zero attached hydrogens (tertiary/aromatic N) is 4. The van der Waals surface area contributed by atoms with Crippen LogP contribution in [-0.2, 0) is 6.54 Å². The number of azo groups is 1. The molecule has 2 aromatic carbocycles. The van der Waals surface area contributed by atoms with Gasteiger partial charge in [0.2, 0.25) is 0 Å². The third-order valence-corrected chi connectivity index (χ3v) is 3.67. The van der Waals surface area contributed by atoms with E-state index in [4.69, 9.17) is 4.74 Å². The first-order valence-electron chi connectivity index (χ1n) is 8.20. The molecule has 3 rings (SSSR count). The number of aromatic nitrogens is 1. The number of aryl methyl sites for hydroxylation is 1. The Balaban J connectivity index is 1.48. The molecule has 0 saturated carbocycles. The van der Waals surface area contributed by atoms with Crippen molar-refractivity contribution in [2.24, 2.45) is 10.2 Å². The van der Waals surface area contributed by atoms with E-state index in [9.17, 15) is 10.1 Å². The maximum absolute atomic E-state index is 10.6. The van der Waals surface area contributed by atoms with Crippen molar-refractivity contribution in [3.05, 3.63) is 83.2 Å². The van der Waals surface area contributed by atoms with Gasteiger partial charge in [0.1, 0.15) is 5.75 Å². The molecule has 0 bridgehead atoms. The summed E-state index contributed by atoms with van der Waals surface area (Å²) in [4.78, 5) is 10.2. The molecule has 7 heteroatoms. The fourth-order valence-corrected chi connectivity index (χ4v) is 2.32. The number of nitro benzene ring substituents is 1. The van der Waals surface area contributed by atoms with E-state index in [1.807, 2.05) is 48.8 Å². The van der Waals surface area contributed by atoms with Gasteiger partial charge in [-0.25, -0.2) is 0 Å². The van der Waals surface area contributed by atoms with Gasteiger partial charge in [-0.1, -0.05) is 0 Å². The normalized spacial score (nSPS) is 10.9. The molecule has 132 valence electrons. The number of non-ortho nitro benzene ring substituents is 1. The minimum atomic E-state index is -0.446. The third kappa shape index (κ3) is 5.01. The first-order valence-corrected chi connectivity index (χ1v) is 8.20. The van der Waals surface area contributed by atoms with Gasteiger partial charge < -0.3 is 9.30 Å². The maximum atomic E-state index is 10.6. The second-order valence-electron chi connectivity index (χ2n) is 5.59. The van der Waals surface area contributed by atoms with Gasteiger partial charge in [0.15, 0.2) is 0 Å². The molecule has 0 spiro atoms. The molecule has 0 aliphatic carbocycles. The standard InChI is InChI=1S/C19H18N4O3/c24-23(25)18-8-4-16(5-9-18)20-21-17-6-10-19(11-7-17)26-15-3-14-22-12-1-2-13-22/h1-2,4-13H,3,14-15H2. The van der Waals surface area contributed by atoms with E-state index in [2.05, 4.69) is 14.8 Å². The molecule has 0 fully saturated rings. The number of ether oxygens (including phenoxy) is 1. The van der Waals surface area contributed by atoms with Crippen LogP contribution in [0.15, 0.2) is 83.3 Å². The van der Waals surface area contributed by atoms with Crippen LogP contribution in [0.2, 0.25) is 0 Å². The lowest BCUT2D eigenvalue weighted by molar-refractivity contribution is -0.384. The minimum Gasteiger partial charge on any atom is -0.494 e. The van der Waals surface area contributed by atoms with Crippen LogP contribution in [0.1, 0.15) is 6.42 Å². The highest BCUT2D eigenvalue weighted by Gasteiger charge is 2.03. The van der Waals surface area contributed by atoms with E-state index >= 15 is 0 Å². The van der Waals surface area contributed by atoms with Crippen LogP contribution in [0.25, 0.3) is 0 Å². The van der Waals surface area contributed by atoms with Crippen molar-refractivity contribution in [2.75, 3.05) is 6.61 Å². The monoisotopic (exact) mass is 350 g/mol. The van der Waals surface area contributed by atoms with E-state index < -0.39 is 4.92 Å². The van der Waals surface area contributed by atoms with Crippen molar-refractivity contribution >= 4 is 17.1 Å². The quantitative estimate of drug-likeness (QED) is 0.240. The van der Waals surface area contributed by atoms with Gasteiger partial charge in [0.25, 0.3) is 5.69 Å². The number of rotatable bonds is 8. The molecular weight excluding hydrogens is 332 g/mol. The molecule has 7 nitrogen and oxygen atoms in total. The second-order valence-corrected chi connectivity index (χ2v) is 5.59. The molecule has 3 aromatic rings. The summed E-state index contributed by atoms with van der Waals surface area (Å²) < 4.78 is 7.82. The van der Waals surface area contributed by atoms with Crippen LogP contribution < -0.4 is 4.74 Å². The zero-order valence-corrected chi connectivity index (χ0v) is 14.1. The van der Waals surface area contributed by atoms with Crippen LogP contribution >= 0.6 is 0 Å². The smallest absolute Gasteiger partial charge is 0.269 e. The molecule has 0 amide bonds. The van der Waals surface area contributed by atoms with Gasteiger partial charge in [-0.3, -0.25) is 10.1 Å². The Hall–Kier alpha value is -3.48. The van der Waals surface area contributed by atoms with E-state index in [-0.39, 0.29) is 5.69 Å². The summed E-state index contributed by atoms with van der Waals surface area (Å²) in [5, 5.41) is 18.8. The van der Waals surface area contributed by atoms with Gasteiger partial charge in [-0.2, -0.15) is 10.2 Å². The lowest BCUT2D eigenvalue weighted by Crippen LogP contribution is -2.02. The molecule has 0 radical (unpaired) electrons. The predicted octanol–water partition coefficient (Wildman–Crippen LogP) is 5.28. The Morgan fingerprint density at radius 2 is 1.50 bits per heavy atom. The first kappa shape index (κ1) is 17.3. The van der Waals surface area contributed by atoms with Gasteiger partial charge in [-0.15, -0.1) is 0 Å². The third-order valence-electron chi connectivity index (χ3n) is 3.67. The Kier molecular flexibility index (Phi) is 5.72.